The van der Waals surface area contributed by atoms with Gasteiger partial charge in [0.05, 0.1) is 13.4 Å². The van der Waals surface area contributed by atoms with E-state index in [1.807, 2.05) is 31.2 Å². The smallest absolute Gasteiger partial charge is 0.122 e. The lowest BCUT2D eigenvalue weighted by molar-refractivity contribution is 0.405. The van der Waals surface area contributed by atoms with Crippen LogP contribution in [0.1, 0.15) is 29.9 Å². The highest BCUT2D eigenvalue weighted by Crippen LogP contribution is 2.29. The molecule has 0 aliphatic rings. The van der Waals surface area contributed by atoms with Gasteiger partial charge in [-0.1, -0.05) is 18.5 Å². The van der Waals surface area contributed by atoms with Crippen LogP contribution >= 0.6 is 11.6 Å². The Morgan fingerprint density at radius 1 is 1.35 bits per heavy atom. The van der Waals surface area contributed by atoms with Crippen LogP contribution in [-0.2, 0) is 6.42 Å². The Kier molecular flexibility index (Phi) is 5.10. The third kappa shape index (κ3) is 3.35. The zero-order chi connectivity index (χ0) is 14.5. The molecule has 1 aromatic heterocycles. The summed E-state index contributed by atoms with van der Waals surface area (Å²) in [6.45, 7) is 4.96. The van der Waals surface area contributed by atoms with Gasteiger partial charge in [-0.2, -0.15) is 0 Å². The number of hydrogen-bond acceptors (Lipinski definition) is 3. The van der Waals surface area contributed by atoms with Gasteiger partial charge in [-0.15, -0.1) is 0 Å². The standard InChI is InChI=1S/C16H20ClNO2/c1-4-18-15(14-7-8-20-11(14)2)10-12-9-13(17)5-6-16(12)19-3/h5-9,15,18H,4,10H2,1-3H3. The Labute approximate surface area is 124 Å². The summed E-state index contributed by atoms with van der Waals surface area (Å²) in [5.74, 6) is 1.80. The van der Waals surface area contributed by atoms with Crippen molar-refractivity contribution in [2.24, 2.45) is 0 Å². The third-order valence-electron chi connectivity index (χ3n) is 3.39. The Hall–Kier alpha value is -1.45. The second kappa shape index (κ2) is 6.82. The summed E-state index contributed by atoms with van der Waals surface area (Å²) in [4.78, 5) is 0. The molecule has 2 aromatic rings. The average molecular weight is 294 g/mol. The second-order valence-corrected chi connectivity index (χ2v) is 5.14. The molecule has 1 heterocycles. The maximum atomic E-state index is 6.10. The minimum Gasteiger partial charge on any atom is -0.496 e. The largest absolute Gasteiger partial charge is 0.496 e. The summed E-state index contributed by atoms with van der Waals surface area (Å²) in [7, 11) is 1.68. The Morgan fingerprint density at radius 2 is 2.15 bits per heavy atom. The molecule has 108 valence electrons. The maximum Gasteiger partial charge on any atom is 0.122 e. The van der Waals surface area contributed by atoms with Crippen LogP contribution in [0.5, 0.6) is 5.75 Å². The lowest BCUT2D eigenvalue weighted by atomic mass is 9.98. The number of nitrogens with one attached hydrogen (secondary N) is 1. The van der Waals surface area contributed by atoms with Gasteiger partial charge >= 0.3 is 0 Å². The van der Waals surface area contributed by atoms with Crippen molar-refractivity contribution in [3.63, 3.8) is 0 Å². The average Bonchev–Trinajstić information content (AvgIpc) is 2.85. The molecule has 1 N–H and O–H groups in total. The van der Waals surface area contributed by atoms with Crippen molar-refractivity contribution in [1.82, 2.24) is 5.32 Å². The van der Waals surface area contributed by atoms with Gasteiger partial charge in [0.25, 0.3) is 0 Å². The van der Waals surface area contributed by atoms with E-state index in [4.69, 9.17) is 20.8 Å². The minimum absolute atomic E-state index is 0.186. The van der Waals surface area contributed by atoms with Gasteiger partial charge in [0.1, 0.15) is 11.5 Å². The minimum atomic E-state index is 0.186. The highest BCUT2D eigenvalue weighted by atomic mass is 35.5. The van der Waals surface area contributed by atoms with Gasteiger partial charge in [0, 0.05) is 16.6 Å². The molecule has 0 aliphatic carbocycles. The fourth-order valence-electron chi connectivity index (χ4n) is 2.42. The molecule has 1 unspecified atom stereocenters. The van der Waals surface area contributed by atoms with E-state index in [1.165, 1.54) is 5.56 Å². The second-order valence-electron chi connectivity index (χ2n) is 4.70. The predicted octanol–water partition coefficient (Wildman–Crippen LogP) is 4.14. The predicted molar refractivity (Wildman–Crippen MR) is 81.6 cm³/mol. The van der Waals surface area contributed by atoms with Gasteiger partial charge in [-0.05, 0) is 49.7 Å². The lowest BCUT2D eigenvalue weighted by Gasteiger charge is -2.19. The van der Waals surface area contributed by atoms with E-state index < -0.39 is 0 Å². The van der Waals surface area contributed by atoms with Gasteiger partial charge in [0.2, 0.25) is 0 Å². The molecule has 1 aromatic carbocycles. The van der Waals surface area contributed by atoms with E-state index in [0.717, 1.165) is 35.1 Å². The van der Waals surface area contributed by atoms with Crippen LogP contribution in [-0.4, -0.2) is 13.7 Å². The number of benzene rings is 1. The van der Waals surface area contributed by atoms with Crippen molar-refractivity contribution >= 4 is 11.6 Å². The summed E-state index contributed by atoms with van der Waals surface area (Å²) in [6, 6.07) is 7.91. The van der Waals surface area contributed by atoms with Gasteiger partial charge in [-0.3, -0.25) is 0 Å². The number of aryl methyl sites for hydroxylation is 1. The first-order valence-electron chi connectivity index (χ1n) is 6.75. The molecular formula is C16H20ClNO2. The number of furan rings is 1. The zero-order valence-corrected chi connectivity index (χ0v) is 12.8. The van der Waals surface area contributed by atoms with Crippen molar-refractivity contribution in [3.8, 4) is 5.75 Å². The fourth-order valence-corrected chi connectivity index (χ4v) is 2.62. The molecular weight excluding hydrogens is 274 g/mol. The molecule has 0 radical (unpaired) electrons. The first-order valence-corrected chi connectivity index (χ1v) is 7.13. The van der Waals surface area contributed by atoms with Crippen LogP contribution in [0.25, 0.3) is 0 Å². The van der Waals surface area contributed by atoms with E-state index >= 15 is 0 Å². The van der Waals surface area contributed by atoms with Crippen LogP contribution in [0.2, 0.25) is 5.02 Å². The summed E-state index contributed by atoms with van der Waals surface area (Å²) in [6.07, 6.45) is 2.53. The van der Waals surface area contributed by atoms with E-state index in [1.54, 1.807) is 13.4 Å². The molecule has 20 heavy (non-hydrogen) atoms. The van der Waals surface area contributed by atoms with Crippen LogP contribution in [0, 0.1) is 6.92 Å². The van der Waals surface area contributed by atoms with Crippen molar-refractivity contribution in [2.45, 2.75) is 26.3 Å². The highest BCUT2D eigenvalue weighted by molar-refractivity contribution is 6.30. The Balaban J connectivity index is 2.29. The molecule has 2 rings (SSSR count). The molecule has 0 amide bonds. The van der Waals surface area contributed by atoms with Crippen molar-refractivity contribution in [3.05, 3.63) is 52.4 Å². The Morgan fingerprint density at radius 3 is 2.75 bits per heavy atom. The van der Waals surface area contributed by atoms with Crippen LogP contribution in [0.15, 0.2) is 34.9 Å². The summed E-state index contributed by atoms with van der Waals surface area (Å²) < 4.78 is 10.8. The first-order chi connectivity index (χ1) is 9.65. The van der Waals surface area contributed by atoms with Crippen LogP contribution in [0.4, 0.5) is 0 Å². The van der Waals surface area contributed by atoms with E-state index in [0.29, 0.717) is 0 Å². The highest BCUT2D eigenvalue weighted by Gasteiger charge is 2.17. The van der Waals surface area contributed by atoms with Crippen molar-refractivity contribution < 1.29 is 9.15 Å². The number of hydrogen-bond donors (Lipinski definition) is 1. The summed E-state index contributed by atoms with van der Waals surface area (Å²) >= 11 is 6.10. The number of halogens is 1. The van der Waals surface area contributed by atoms with Crippen LogP contribution < -0.4 is 10.1 Å². The molecule has 3 nitrogen and oxygen atoms in total. The number of methoxy groups -OCH3 is 1. The number of likely N-dealkylation sites (N-methyl/N-ethyl adjacent to an activating group) is 1. The van der Waals surface area contributed by atoms with Gasteiger partial charge in [0.15, 0.2) is 0 Å². The van der Waals surface area contributed by atoms with E-state index in [-0.39, 0.29) is 6.04 Å². The lowest BCUT2D eigenvalue weighted by Crippen LogP contribution is -2.23. The first kappa shape index (κ1) is 14.9. The quantitative estimate of drug-likeness (QED) is 0.869. The third-order valence-corrected chi connectivity index (χ3v) is 3.63. The number of ether oxygens (including phenoxy) is 1. The molecule has 0 aliphatic heterocycles. The SMILES string of the molecule is CCNC(Cc1cc(Cl)ccc1OC)c1ccoc1C. The van der Waals surface area contributed by atoms with E-state index in [9.17, 15) is 0 Å². The monoisotopic (exact) mass is 293 g/mol. The fraction of sp³-hybridized carbons (Fsp3) is 0.375. The van der Waals surface area contributed by atoms with E-state index in [2.05, 4.69) is 12.2 Å². The Bertz CT molecular complexity index is 565. The molecule has 0 spiro atoms. The van der Waals surface area contributed by atoms with Gasteiger partial charge < -0.3 is 14.5 Å². The molecule has 0 saturated heterocycles. The van der Waals surface area contributed by atoms with Crippen LogP contribution in [0.3, 0.4) is 0 Å². The molecule has 0 fully saturated rings. The molecule has 4 heteroatoms. The summed E-state index contributed by atoms with van der Waals surface area (Å²) in [5, 5.41) is 4.21. The molecule has 1 atom stereocenters. The topological polar surface area (TPSA) is 34.4 Å². The zero-order valence-electron chi connectivity index (χ0n) is 12.1. The summed E-state index contributed by atoms with van der Waals surface area (Å²) in [5.41, 5.74) is 2.26. The maximum absolute atomic E-state index is 6.10. The van der Waals surface area contributed by atoms with Crippen molar-refractivity contribution in [1.29, 1.82) is 0 Å². The van der Waals surface area contributed by atoms with Crippen molar-refractivity contribution in [2.75, 3.05) is 13.7 Å². The molecule has 0 saturated carbocycles. The van der Waals surface area contributed by atoms with Gasteiger partial charge in [-0.25, -0.2) is 0 Å². The number of rotatable bonds is 6. The molecule has 0 bridgehead atoms. The normalized spacial score (nSPS) is 12.4.